The van der Waals surface area contributed by atoms with Gasteiger partial charge in [-0.25, -0.2) is 4.79 Å². The Kier molecular flexibility index (Phi) is 2.92. The molecular formula is C8H16N2O2. The molecule has 1 unspecified atom stereocenters. The fourth-order valence-electron chi connectivity index (χ4n) is 1.73. The van der Waals surface area contributed by atoms with Crippen LogP contribution in [-0.4, -0.2) is 42.3 Å². The van der Waals surface area contributed by atoms with E-state index in [1.165, 1.54) is 0 Å². The van der Waals surface area contributed by atoms with E-state index >= 15 is 0 Å². The Labute approximate surface area is 72.6 Å². The quantitative estimate of drug-likeness (QED) is 0.646. The molecule has 0 aromatic heterocycles. The van der Waals surface area contributed by atoms with Gasteiger partial charge in [-0.15, -0.1) is 0 Å². The summed E-state index contributed by atoms with van der Waals surface area (Å²) < 4.78 is 0. The summed E-state index contributed by atoms with van der Waals surface area (Å²) in [6.45, 7) is 0. The molecular weight excluding hydrogens is 156 g/mol. The molecule has 1 rings (SSSR count). The largest absolute Gasteiger partial charge is 0.465 e. The second kappa shape index (κ2) is 3.76. The van der Waals surface area contributed by atoms with Gasteiger partial charge in [-0.3, -0.25) is 0 Å². The number of hydrogen-bond donors (Lipinski definition) is 2. The molecule has 70 valence electrons. The van der Waals surface area contributed by atoms with Crippen molar-refractivity contribution in [2.75, 3.05) is 14.1 Å². The van der Waals surface area contributed by atoms with Crippen molar-refractivity contribution in [3.8, 4) is 0 Å². The van der Waals surface area contributed by atoms with Crippen LogP contribution in [-0.2, 0) is 0 Å². The first-order valence-corrected chi connectivity index (χ1v) is 4.25. The molecule has 0 heterocycles. The summed E-state index contributed by atoms with van der Waals surface area (Å²) in [5, 5.41) is 11.0. The smallest absolute Gasteiger partial charge is 0.404 e. The highest BCUT2D eigenvalue weighted by molar-refractivity contribution is 5.64. The minimum absolute atomic E-state index is 0.162. The van der Waals surface area contributed by atoms with Crippen LogP contribution in [0.5, 0.6) is 0 Å². The average molecular weight is 172 g/mol. The van der Waals surface area contributed by atoms with Crippen LogP contribution in [0, 0.1) is 0 Å². The standard InChI is InChI=1S/C8H16N2O2/c1-10(2)7-4-3-6(5-7)9-8(11)12/h6-7,9H,3-5H2,1-2H3,(H,11,12)/t6-,7?/m0/s1. The molecule has 1 fully saturated rings. The molecule has 12 heavy (non-hydrogen) atoms. The Balaban J connectivity index is 2.30. The lowest BCUT2D eigenvalue weighted by atomic mass is 10.2. The maximum atomic E-state index is 10.3. The zero-order valence-corrected chi connectivity index (χ0v) is 7.58. The fourth-order valence-corrected chi connectivity index (χ4v) is 1.73. The molecule has 1 amide bonds. The van der Waals surface area contributed by atoms with Crippen molar-refractivity contribution in [3.05, 3.63) is 0 Å². The predicted molar refractivity (Wildman–Crippen MR) is 46.3 cm³/mol. The van der Waals surface area contributed by atoms with Gasteiger partial charge in [-0.05, 0) is 33.4 Å². The van der Waals surface area contributed by atoms with Gasteiger partial charge in [0.25, 0.3) is 0 Å². The average Bonchev–Trinajstić information content (AvgIpc) is 2.34. The molecule has 1 aliphatic rings. The number of carboxylic acid groups (broad SMARTS) is 1. The summed E-state index contributed by atoms with van der Waals surface area (Å²) in [6.07, 6.45) is 2.10. The van der Waals surface area contributed by atoms with Crippen LogP contribution in [0.25, 0.3) is 0 Å². The van der Waals surface area contributed by atoms with E-state index in [4.69, 9.17) is 5.11 Å². The number of carbonyl (C=O) groups is 1. The first-order valence-electron chi connectivity index (χ1n) is 4.25. The highest BCUT2D eigenvalue weighted by Gasteiger charge is 2.26. The lowest BCUT2D eigenvalue weighted by Crippen LogP contribution is -2.33. The van der Waals surface area contributed by atoms with Crippen molar-refractivity contribution in [1.82, 2.24) is 10.2 Å². The third kappa shape index (κ3) is 2.37. The highest BCUT2D eigenvalue weighted by Crippen LogP contribution is 2.22. The second-order valence-corrected chi connectivity index (χ2v) is 3.58. The van der Waals surface area contributed by atoms with Gasteiger partial charge >= 0.3 is 6.09 Å². The summed E-state index contributed by atoms with van der Waals surface area (Å²) in [7, 11) is 4.07. The Bertz CT molecular complexity index is 170. The van der Waals surface area contributed by atoms with Crippen LogP contribution in [0.2, 0.25) is 0 Å². The van der Waals surface area contributed by atoms with E-state index < -0.39 is 6.09 Å². The SMILES string of the molecule is CN(C)C1CC[C@H](NC(=O)O)C1. The van der Waals surface area contributed by atoms with E-state index in [1.54, 1.807) is 0 Å². The third-order valence-electron chi connectivity index (χ3n) is 2.46. The van der Waals surface area contributed by atoms with Crippen LogP contribution in [0.3, 0.4) is 0 Å². The first kappa shape index (κ1) is 9.32. The lowest BCUT2D eigenvalue weighted by molar-refractivity contribution is 0.189. The molecule has 0 spiro atoms. The van der Waals surface area contributed by atoms with E-state index in [2.05, 4.69) is 10.2 Å². The van der Waals surface area contributed by atoms with Gasteiger partial charge in [0.2, 0.25) is 0 Å². The molecule has 1 aliphatic carbocycles. The lowest BCUT2D eigenvalue weighted by Gasteiger charge is -2.18. The van der Waals surface area contributed by atoms with Crippen molar-refractivity contribution in [3.63, 3.8) is 0 Å². The van der Waals surface area contributed by atoms with E-state index in [0.29, 0.717) is 6.04 Å². The van der Waals surface area contributed by atoms with E-state index in [0.717, 1.165) is 19.3 Å². The number of rotatable bonds is 2. The van der Waals surface area contributed by atoms with E-state index in [9.17, 15) is 4.79 Å². The molecule has 2 atom stereocenters. The molecule has 0 aromatic rings. The van der Waals surface area contributed by atoms with Gasteiger partial charge in [0.15, 0.2) is 0 Å². The zero-order chi connectivity index (χ0) is 9.14. The topological polar surface area (TPSA) is 52.6 Å². The minimum atomic E-state index is -0.903. The monoisotopic (exact) mass is 172 g/mol. The molecule has 4 nitrogen and oxygen atoms in total. The molecule has 0 aliphatic heterocycles. The summed E-state index contributed by atoms with van der Waals surface area (Å²) in [6, 6.07) is 0.705. The third-order valence-corrected chi connectivity index (χ3v) is 2.46. The maximum absolute atomic E-state index is 10.3. The minimum Gasteiger partial charge on any atom is -0.465 e. The van der Waals surface area contributed by atoms with Gasteiger partial charge in [0.1, 0.15) is 0 Å². The van der Waals surface area contributed by atoms with Crippen molar-refractivity contribution in [1.29, 1.82) is 0 Å². The van der Waals surface area contributed by atoms with E-state index in [-0.39, 0.29) is 6.04 Å². The van der Waals surface area contributed by atoms with Gasteiger partial charge in [0.05, 0.1) is 0 Å². The van der Waals surface area contributed by atoms with Crippen molar-refractivity contribution in [2.24, 2.45) is 0 Å². The van der Waals surface area contributed by atoms with Gasteiger partial charge in [0, 0.05) is 12.1 Å². The van der Waals surface area contributed by atoms with Crippen molar-refractivity contribution in [2.45, 2.75) is 31.3 Å². The number of nitrogens with one attached hydrogen (secondary N) is 1. The first-order chi connectivity index (χ1) is 5.59. The molecule has 0 radical (unpaired) electrons. The van der Waals surface area contributed by atoms with Crippen molar-refractivity contribution < 1.29 is 9.90 Å². The Hall–Kier alpha value is -0.770. The Morgan fingerprint density at radius 1 is 1.50 bits per heavy atom. The zero-order valence-electron chi connectivity index (χ0n) is 7.58. The fraction of sp³-hybridized carbons (Fsp3) is 0.875. The number of hydrogen-bond acceptors (Lipinski definition) is 2. The Morgan fingerprint density at radius 2 is 2.17 bits per heavy atom. The molecule has 2 N–H and O–H groups in total. The maximum Gasteiger partial charge on any atom is 0.404 e. The summed E-state index contributed by atoms with van der Waals surface area (Å²) >= 11 is 0. The molecule has 4 heteroatoms. The molecule has 0 aromatic carbocycles. The normalized spacial score (nSPS) is 29.2. The Morgan fingerprint density at radius 3 is 2.58 bits per heavy atom. The molecule has 1 saturated carbocycles. The number of amides is 1. The van der Waals surface area contributed by atoms with Gasteiger partial charge in [-0.2, -0.15) is 0 Å². The molecule has 0 bridgehead atoms. The van der Waals surface area contributed by atoms with Crippen LogP contribution in [0.15, 0.2) is 0 Å². The van der Waals surface area contributed by atoms with Gasteiger partial charge in [-0.1, -0.05) is 0 Å². The summed E-state index contributed by atoms with van der Waals surface area (Å²) in [5.41, 5.74) is 0. The summed E-state index contributed by atoms with van der Waals surface area (Å²) in [5.74, 6) is 0. The molecule has 0 saturated heterocycles. The van der Waals surface area contributed by atoms with Crippen molar-refractivity contribution >= 4 is 6.09 Å². The second-order valence-electron chi connectivity index (χ2n) is 3.58. The van der Waals surface area contributed by atoms with Crippen LogP contribution >= 0.6 is 0 Å². The van der Waals surface area contributed by atoms with Crippen LogP contribution in [0.1, 0.15) is 19.3 Å². The summed E-state index contributed by atoms with van der Waals surface area (Å²) in [4.78, 5) is 12.5. The number of nitrogens with zero attached hydrogens (tertiary/aromatic N) is 1. The van der Waals surface area contributed by atoms with Gasteiger partial charge < -0.3 is 15.3 Å². The van der Waals surface area contributed by atoms with E-state index in [1.807, 2.05) is 14.1 Å². The highest BCUT2D eigenvalue weighted by atomic mass is 16.4. The van der Waals surface area contributed by atoms with Crippen LogP contribution in [0.4, 0.5) is 4.79 Å². The predicted octanol–water partition coefficient (Wildman–Crippen LogP) is 0.737. The van der Waals surface area contributed by atoms with Crippen LogP contribution < -0.4 is 5.32 Å².